The summed E-state index contributed by atoms with van der Waals surface area (Å²) < 4.78 is 43.0. The SMILES string of the molecule is COc1ccc(C(NC(=O)c2ccc(C(F)(F)F)cc2)C2CC(O)C2)cn1. The smallest absolute Gasteiger partial charge is 0.416 e. The van der Waals surface area contributed by atoms with E-state index in [0.717, 1.165) is 29.8 Å². The van der Waals surface area contributed by atoms with Crippen LogP contribution in [0, 0.1) is 5.92 Å². The molecule has 144 valence electrons. The van der Waals surface area contributed by atoms with Crippen molar-refractivity contribution in [3.63, 3.8) is 0 Å². The minimum atomic E-state index is -4.45. The average Bonchev–Trinajstić information content (AvgIpc) is 2.63. The molecule has 2 N–H and O–H groups in total. The van der Waals surface area contributed by atoms with Crippen LogP contribution in [0.5, 0.6) is 5.88 Å². The second-order valence-corrected chi connectivity index (χ2v) is 6.55. The molecule has 3 rings (SSSR count). The maximum Gasteiger partial charge on any atom is 0.416 e. The molecular weight excluding hydrogens is 361 g/mol. The number of amides is 1. The van der Waals surface area contributed by atoms with E-state index in [-0.39, 0.29) is 11.5 Å². The molecular formula is C19H19F3N2O3. The van der Waals surface area contributed by atoms with E-state index in [4.69, 9.17) is 4.74 Å². The monoisotopic (exact) mass is 380 g/mol. The molecule has 1 aliphatic rings. The first kappa shape index (κ1) is 19.2. The highest BCUT2D eigenvalue weighted by Crippen LogP contribution is 2.38. The zero-order valence-corrected chi connectivity index (χ0v) is 14.5. The molecule has 0 aliphatic heterocycles. The maximum atomic E-state index is 12.7. The van der Waals surface area contributed by atoms with E-state index in [0.29, 0.717) is 18.7 Å². The summed E-state index contributed by atoms with van der Waals surface area (Å²) in [4.78, 5) is 16.7. The minimum absolute atomic E-state index is 0.0218. The molecule has 8 heteroatoms. The summed E-state index contributed by atoms with van der Waals surface area (Å²) in [7, 11) is 1.49. The molecule has 2 aromatic rings. The number of carbonyl (C=O) groups excluding carboxylic acids is 1. The Morgan fingerprint density at radius 3 is 2.37 bits per heavy atom. The Hall–Kier alpha value is -2.61. The van der Waals surface area contributed by atoms with E-state index in [1.807, 2.05) is 0 Å². The fourth-order valence-electron chi connectivity index (χ4n) is 3.11. The number of hydrogen-bond donors (Lipinski definition) is 2. The summed E-state index contributed by atoms with van der Waals surface area (Å²) in [6.45, 7) is 0. The lowest BCUT2D eigenvalue weighted by atomic mass is 9.75. The number of hydrogen-bond acceptors (Lipinski definition) is 4. The van der Waals surface area contributed by atoms with E-state index < -0.39 is 29.8 Å². The van der Waals surface area contributed by atoms with Gasteiger partial charge in [-0.2, -0.15) is 13.2 Å². The predicted molar refractivity (Wildman–Crippen MR) is 91.2 cm³/mol. The summed E-state index contributed by atoms with van der Waals surface area (Å²) in [5.41, 5.74) is 0.0689. The number of aromatic nitrogens is 1. The Bertz CT molecular complexity index is 785. The summed E-state index contributed by atoms with van der Waals surface area (Å²) in [5.74, 6) is -0.0280. The highest BCUT2D eigenvalue weighted by molar-refractivity contribution is 5.94. The van der Waals surface area contributed by atoms with Crippen LogP contribution in [0.2, 0.25) is 0 Å². The quantitative estimate of drug-likeness (QED) is 0.835. The number of methoxy groups -OCH3 is 1. The zero-order chi connectivity index (χ0) is 19.6. The highest BCUT2D eigenvalue weighted by Gasteiger charge is 2.36. The number of ether oxygens (including phenoxy) is 1. The molecule has 27 heavy (non-hydrogen) atoms. The third-order valence-corrected chi connectivity index (χ3v) is 4.71. The van der Waals surface area contributed by atoms with Gasteiger partial charge >= 0.3 is 6.18 Å². The molecule has 1 unspecified atom stereocenters. The largest absolute Gasteiger partial charge is 0.481 e. The van der Waals surface area contributed by atoms with Crippen molar-refractivity contribution in [1.29, 1.82) is 0 Å². The lowest BCUT2D eigenvalue weighted by Gasteiger charge is -2.38. The van der Waals surface area contributed by atoms with Crippen LogP contribution >= 0.6 is 0 Å². The van der Waals surface area contributed by atoms with Gasteiger partial charge in [-0.1, -0.05) is 6.07 Å². The van der Waals surface area contributed by atoms with E-state index in [1.54, 1.807) is 18.3 Å². The van der Waals surface area contributed by atoms with Crippen molar-refractivity contribution in [1.82, 2.24) is 10.3 Å². The van der Waals surface area contributed by atoms with E-state index in [1.165, 1.54) is 7.11 Å². The Morgan fingerprint density at radius 1 is 1.22 bits per heavy atom. The molecule has 0 bridgehead atoms. The summed E-state index contributed by atoms with van der Waals surface area (Å²) >= 11 is 0. The van der Waals surface area contributed by atoms with Gasteiger partial charge in [0.15, 0.2) is 0 Å². The molecule has 0 saturated heterocycles. The van der Waals surface area contributed by atoms with Crippen LogP contribution in [0.3, 0.4) is 0 Å². The average molecular weight is 380 g/mol. The second-order valence-electron chi connectivity index (χ2n) is 6.55. The van der Waals surface area contributed by atoms with Crippen molar-refractivity contribution < 1.29 is 27.8 Å². The van der Waals surface area contributed by atoms with Gasteiger partial charge in [0.2, 0.25) is 5.88 Å². The van der Waals surface area contributed by atoms with E-state index in [2.05, 4.69) is 10.3 Å². The molecule has 1 atom stereocenters. The van der Waals surface area contributed by atoms with Gasteiger partial charge in [-0.15, -0.1) is 0 Å². The van der Waals surface area contributed by atoms with Crippen molar-refractivity contribution in [3.05, 3.63) is 59.3 Å². The standard InChI is InChI=1S/C19H19F3N2O3/c1-27-16-7-4-12(10-23-16)17(13-8-15(25)9-13)24-18(26)11-2-5-14(6-3-11)19(20,21)22/h2-7,10,13,15,17,25H,8-9H2,1H3,(H,24,26). The van der Waals surface area contributed by atoms with Gasteiger partial charge in [0.1, 0.15) is 0 Å². The number of alkyl halides is 3. The second kappa shape index (κ2) is 7.56. The Balaban J connectivity index is 1.77. The van der Waals surface area contributed by atoms with Gasteiger partial charge in [0.05, 0.1) is 24.8 Å². The van der Waals surface area contributed by atoms with Gasteiger partial charge in [-0.3, -0.25) is 4.79 Å². The number of aliphatic hydroxyl groups is 1. The number of pyridine rings is 1. The molecule has 0 spiro atoms. The van der Waals surface area contributed by atoms with Crippen molar-refractivity contribution in [3.8, 4) is 5.88 Å². The lowest BCUT2D eigenvalue weighted by Crippen LogP contribution is -2.41. The molecule has 1 aliphatic carbocycles. The Morgan fingerprint density at radius 2 is 1.89 bits per heavy atom. The highest BCUT2D eigenvalue weighted by atomic mass is 19.4. The number of halogens is 3. The van der Waals surface area contributed by atoms with Crippen LogP contribution in [0.25, 0.3) is 0 Å². The molecule has 1 aromatic carbocycles. The number of nitrogens with one attached hydrogen (secondary N) is 1. The van der Waals surface area contributed by atoms with Crippen molar-refractivity contribution in [2.75, 3.05) is 7.11 Å². The van der Waals surface area contributed by atoms with Crippen LogP contribution in [-0.4, -0.2) is 29.2 Å². The van der Waals surface area contributed by atoms with Crippen LogP contribution in [-0.2, 0) is 6.18 Å². The van der Waals surface area contributed by atoms with Crippen molar-refractivity contribution in [2.24, 2.45) is 5.92 Å². The normalized spacial score (nSPS) is 20.5. The minimum Gasteiger partial charge on any atom is -0.481 e. The molecule has 1 heterocycles. The number of benzene rings is 1. The fraction of sp³-hybridized carbons (Fsp3) is 0.368. The fourth-order valence-corrected chi connectivity index (χ4v) is 3.11. The number of carbonyl (C=O) groups is 1. The summed E-state index contributed by atoms with van der Waals surface area (Å²) in [5, 5.41) is 12.5. The van der Waals surface area contributed by atoms with Gasteiger partial charge in [-0.05, 0) is 48.6 Å². The van der Waals surface area contributed by atoms with Gasteiger partial charge < -0.3 is 15.2 Å². The van der Waals surface area contributed by atoms with E-state index in [9.17, 15) is 23.1 Å². The van der Waals surface area contributed by atoms with Crippen LogP contribution < -0.4 is 10.1 Å². The number of aliphatic hydroxyl groups excluding tert-OH is 1. The summed E-state index contributed by atoms with van der Waals surface area (Å²) in [6, 6.07) is 7.10. The first-order valence-corrected chi connectivity index (χ1v) is 8.44. The molecule has 0 radical (unpaired) electrons. The topological polar surface area (TPSA) is 71.5 Å². The lowest BCUT2D eigenvalue weighted by molar-refractivity contribution is -0.137. The number of nitrogens with zero attached hydrogens (tertiary/aromatic N) is 1. The van der Waals surface area contributed by atoms with Gasteiger partial charge in [0, 0.05) is 17.8 Å². The van der Waals surface area contributed by atoms with Crippen molar-refractivity contribution >= 4 is 5.91 Å². The van der Waals surface area contributed by atoms with Crippen LogP contribution in [0.1, 0.15) is 40.4 Å². The number of rotatable bonds is 5. The maximum absolute atomic E-state index is 12.7. The van der Waals surface area contributed by atoms with Crippen LogP contribution in [0.4, 0.5) is 13.2 Å². The Kier molecular flexibility index (Phi) is 5.36. The molecule has 1 saturated carbocycles. The summed E-state index contributed by atoms with van der Waals surface area (Å²) in [6.07, 6.45) is -2.21. The third kappa shape index (κ3) is 4.39. The first-order chi connectivity index (χ1) is 12.8. The van der Waals surface area contributed by atoms with E-state index >= 15 is 0 Å². The zero-order valence-electron chi connectivity index (χ0n) is 14.5. The molecule has 1 aromatic heterocycles. The van der Waals surface area contributed by atoms with Gasteiger partial charge in [-0.25, -0.2) is 4.98 Å². The molecule has 1 fully saturated rings. The predicted octanol–water partition coefficient (Wildman–Crippen LogP) is 3.35. The first-order valence-electron chi connectivity index (χ1n) is 8.44. The molecule has 1 amide bonds. The van der Waals surface area contributed by atoms with Gasteiger partial charge in [0.25, 0.3) is 5.91 Å². The molecule has 5 nitrogen and oxygen atoms in total. The van der Waals surface area contributed by atoms with Crippen molar-refractivity contribution in [2.45, 2.75) is 31.2 Å². The third-order valence-electron chi connectivity index (χ3n) is 4.71. The Labute approximate surface area is 154 Å². The van der Waals surface area contributed by atoms with Crippen LogP contribution in [0.15, 0.2) is 42.6 Å².